The molecule has 0 saturated heterocycles. The Morgan fingerprint density at radius 3 is 2.36 bits per heavy atom. The molecule has 0 aliphatic heterocycles. The summed E-state index contributed by atoms with van der Waals surface area (Å²) < 4.78 is 0. The number of carbonyl (C=O) groups excluding carboxylic acids is 1. The lowest BCUT2D eigenvalue weighted by molar-refractivity contribution is 0.0759. The van der Waals surface area contributed by atoms with Gasteiger partial charge in [-0.05, 0) is 0 Å². The number of carbonyl (C=O) groups is 1. The third kappa shape index (κ3) is 1.86. The number of Topliss-reactive ketones (excluding diaryl/α,β-unsaturated/α-hetero) is 1. The maximum atomic E-state index is 11.0. The first kappa shape index (κ1) is 7.91. The van der Waals surface area contributed by atoms with Crippen LogP contribution < -0.4 is 5.73 Å². The van der Waals surface area contributed by atoms with E-state index < -0.39 is 12.0 Å². The van der Waals surface area contributed by atoms with Crippen LogP contribution in [0.1, 0.15) is 10.4 Å². The number of aliphatic hydroxyl groups is 1. The van der Waals surface area contributed by atoms with E-state index in [1.165, 1.54) is 0 Å². The summed E-state index contributed by atoms with van der Waals surface area (Å²) in [5, 5.41) is 8.70. The smallest absolute Gasteiger partial charge is 0.205 e. The Morgan fingerprint density at radius 1 is 1.36 bits per heavy atom. The van der Waals surface area contributed by atoms with Crippen LogP contribution in [0.2, 0.25) is 0 Å². The van der Waals surface area contributed by atoms with Crippen LogP contribution in [-0.2, 0) is 0 Å². The molecule has 0 fully saturated rings. The molecule has 0 aromatic heterocycles. The highest BCUT2D eigenvalue weighted by atomic mass is 16.3. The lowest BCUT2D eigenvalue weighted by atomic mass is 10.1. The van der Waals surface area contributed by atoms with E-state index in [2.05, 4.69) is 0 Å². The van der Waals surface area contributed by atoms with Crippen LogP contribution in [0.4, 0.5) is 0 Å². The second-order valence-corrected chi connectivity index (χ2v) is 2.18. The van der Waals surface area contributed by atoms with Gasteiger partial charge in [-0.15, -0.1) is 0 Å². The van der Waals surface area contributed by atoms with Crippen LogP contribution in [0.5, 0.6) is 0 Å². The van der Waals surface area contributed by atoms with Crippen molar-refractivity contribution >= 4 is 5.78 Å². The average Bonchev–Trinajstić information content (AvgIpc) is 2.05. The first-order valence-corrected chi connectivity index (χ1v) is 3.25. The van der Waals surface area contributed by atoms with E-state index in [1.54, 1.807) is 30.3 Å². The lowest BCUT2D eigenvalue weighted by Gasteiger charge is -2.01. The maximum absolute atomic E-state index is 11.0. The minimum Gasteiger partial charge on any atom is -0.371 e. The minimum atomic E-state index is -1.41. The Labute approximate surface area is 64.5 Å². The molecule has 0 aliphatic carbocycles. The predicted octanol–water partition coefficient (Wildman–Crippen LogP) is 0.146. The van der Waals surface area contributed by atoms with Gasteiger partial charge in [0.1, 0.15) is 0 Å². The Hall–Kier alpha value is -1.19. The van der Waals surface area contributed by atoms with E-state index in [-0.39, 0.29) is 0 Å². The summed E-state index contributed by atoms with van der Waals surface area (Å²) in [6, 6.07) is 8.45. The van der Waals surface area contributed by atoms with Gasteiger partial charge in [-0.25, -0.2) is 0 Å². The van der Waals surface area contributed by atoms with E-state index >= 15 is 0 Å². The van der Waals surface area contributed by atoms with Gasteiger partial charge in [0, 0.05) is 5.56 Å². The summed E-state index contributed by atoms with van der Waals surface area (Å²) in [7, 11) is 0. The van der Waals surface area contributed by atoms with Crippen molar-refractivity contribution in [2.45, 2.75) is 6.23 Å². The third-order valence-corrected chi connectivity index (χ3v) is 1.33. The van der Waals surface area contributed by atoms with Gasteiger partial charge < -0.3 is 5.11 Å². The zero-order valence-corrected chi connectivity index (χ0v) is 5.90. The van der Waals surface area contributed by atoms with E-state index in [1.807, 2.05) is 0 Å². The fraction of sp³-hybridized carbons (Fsp3) is 0.125. The van der Waals surface area contributed by atoms with E-state index in [9.17, 15) is 4.79 Å². The van der Waals surface area contributed by atoms with Crippen LogP contribution in [-0.4, -0.2) is 17.1 Å². The van der Waals surface area contributed by atoms with Gasteiger partial charge in [-0.2, -0.15) is 0 Å². The Kier molecular flexibility index (Phi) is 2.36. The first-order valence-electron chi connectivity index (χ1n) is 3.25. The summed E-state index contributed by atoms with van der Waals surface area (Å²) in [5.41, 5.74) is 5.41. The van der Waals surface area contributed by atoms with Crippen molar-refractivity contribution in [1.82, 2.24) is 0 Å². The molecular formula is C8H9NO2. The Balaban J connectivity index is 2.86. The zero-order chi connectivity index (χ0) is 8.27. The molecule has 0 bridgehead atoms. The minimum absolute atomic E-state index is 0.433. The largest absolute Gasteiger partial charge is 0.371 e. The fourth-order valence-corrected chi connectivity index (χ4v) is 0.773. The van der Waals surface area contributed by atoms with Crippen LogP contribution in [0.3, 0.4) is 0 Å². The number of benzene rings is 1. The molecule has 0 aliphatic rings. The Bertz CT molecular complexity index is 244. The molecule has 1 unspecified atom stereocenters. The van der Waals surface area contributed by atoms with Crippen molar-refractivity contribution in [3.05, 3.63) is 35.9 Å². The van der Waals surface area contributed by atoms with Crippen LogP contribution in [0, 0.1) is 0 Å². The van der Waals surface area contributed by atoms with Crippen molar-refractivity contribution in [2.24, 2.45) is 5.73 Å². The van der Waals surface area contributed by atoms with Crippen molar-refractivity contribution in [3.8, 4) is 0 Å². The molecule has 1 aromatic rings. The predicted molar refractivity (Wildman–Crippen MR) is 41.0 cm³/mol. The fourth-order valence-electron chi connectivity index (χ4n) is 0.773. The maximum Gasteiger partial charge on any atom is 0.205 e. The summed E-state index contributed by atoms with van der Waals surface area (Å²) in [5.74, 6) is -0.453. The molecule has 11 heavy (non-hydrogen) atoms. The highest BCUT2D eigenvalue weighted by Gasteiger charge is 2.10. The molecule has 3 nitrogen and oxygen atoms in total. The number of hydrogen-bond donors (Lipinski definition) is 2. The number of ketones is 1. The molecule has 3 N–H and O–H groups in total. The van der Waals surface area contributed by atoms with Gasteiger partial charge in [-0.1, -0.05) is 30.3 Å². The number of rotatable bonds is 2. The first-order chi connectivity index (χ1) is 5.22. The number of hydrogen-bond acceptors (Lipinski definition) is 3. The SMILES string of the molecule is NC(O)C(=O)c1ccccc1. The molecule has 0 saturated carbocycles. The van der Waals surface area contributed by atoms with E-state index in [0.717, 1.165) is 0 Å². The second-order valence-electron chi connectivity index (χ2n) is 2.18. The van der Waals surface area contributed by atoms with Gasteiger partial charge in [0.25, 0.3) is 0 Å². The summed E-state index contributed by atoms with van der Waals surface area (Å²) in [6.45, 7) is 0. The summed E-state index contributed by atoms with van der Waals surface area (Å²) >= 11 is 0. The van der Waals surface area contributed by atoms with Crippen molar-refractivity contribution in [3.63, 3.8) is 0 Å². The monoisotopic (exact) mass is 151 g/mol. The van der Waals surface area contributed by atoms with Gasteiger partial charge in [0.2, 0.25) is 5.78 Å². The van der Waals surface area contributed by atoms with Crippen LogP contribution in [0.25, 0.3) is 0 Å². The topological polar surface area (TPSA) is 63.3 Å². The van der Waals surface area contributed by atoms with E-state index in [4.69, 9.17) is 10.8 Å². The van der Waals surface area contributed by atoms with Crippen LogP contribution in [0.15, 0.2) is 30.3 Å². The number of aliphatic hydroxyl groups excluding tert-OH is 1. The number of nitrogens with two attached hydrogens (primary N) is 1. The van der Waals surface area contributed by atoms with Gasteiger partial charge in [0.05, 0.1) is 0 Å². The standard InChI is InChI=1S/C8H9NO2/c9-8(11)7(10)6-4-2-1-3-5-6/h1-5,8,11H,9H2. The molecule has 0 radical (unpaired) electrons. The summed E-state index contributed by atoms with van der Waals surface area (Å²) in [4.78, 5) is 11.0. The molecule has 1 aromatic carbocycles. The highest BCUT2D eigenvalue weighted by Crippen LogP contribution is 2.00. The van der Waals surface area contributed by atoms with Crippen molar-refractivity contribution in [1.29, 1.82) is 0 Å². The van der Waals surface area contributed by atoms with Crippen molar-refractivity contribution in [2.75, 3.05) is 0 Å². The van der Waals surface area contributed by atoms with Crippen molar-refractivity contribution < 1.29 is 9.90 Å². The second kappa shape index (κ2) is 3.27. The molecule has 0 amide bonds. The zero-order valence-electron chi connectivity index (χ0n) is 5.90. The molecule has 0 spiro atoms. The van der Waals surface area contributed by atoms with Gasteiger partial charge >= 0.3 is 0 Å². The molecule has 58 valence electrons. The van der Waals surface area contributed by atoms with E-state index in [0.29, 0.717) is 5.56 Å². The molecular weight excluding hydrogens is 142 g/mol. The van der Waals surface area contributed by atoms with Crippen LogP contribution >= 0.6 is 0 Å². The quantitative estimate of drug-likeness (QED) is 0.467. The molecule has 1 atom stereocenters. The molecule has 0 heterocycles. The normalized spacial score (nSPS) is 12.5. The molecule has 1 rings (SSSR count). The Morgan fingerprint density at radius 2 is 1.91 bits per heavy atom. The van der Waals surface area contributed by atoms with Gasteiger partial charge in [-0.3, -0.25) is 10.5 Å². The lowest BCUT2D eigenvalue weighted by Crippen LogP contribution is -2.29. The van der Waals surface area contributed by atoms with Gasteiger partial charge in [0.15, 0.2) is 6.23 Å². The summed E-state index contributed by atoms with van der Waals surface area (Å²) in [6.07, 6.45) is -1.41. The third-order valence-electron chi connectivity index (χ3n) is 1.33. The highest BCUT2D eigenvalue weighted by molar-refractivity contribution is 5.98. The average molecular weight is 151 g/mol. The molecule has 3 heteroatoms.